The van der Waals surface area contributed by atoms with Gasteiger partial charge in [-0.15, -0.1) is 0 Å². The highest BCUT2D eigenvalue weighted by atomic mass is 35.5. The Balaban J connectivity index is 1.59. The van der Waals surface area contributed by atoms with Crippen molar-refractivity contribution in [2.24, 2.45) is 17.6 Å². The number of amides is 4. The van der Waals surface area contributed by atoms with E-state index in [-0.39, 0.29) is 19.4 Å². The van der Waals surface area contributed by atoms with Crippen LogP contribution in [0.3, 0.4) is 0 Å². The van der Waals surface area contributed by atoms with E-state index in [1.165, 1.54) is 12.0 Å². The highest BCUT2D eigenvalue weighted by Gasteiger charge is 2.70. The second-order valence-electron chi connectivity index (χ2n) is 8.79. The Morgan fingerprint density at radius 2 is 1.94 bits per heavy atom. The summed E-state index contributed by atoms with van der Waals surface area (Å²) in [7, 11) is 1.52. The van der Waals surface area contributed by atoms with Gasteiger partial charge in [-0.2, -0.15) is 0 Å². The van der Waals surface area contributed by atoms with Gasteiger partial charge in [0.2, 0.25) is 23.6 Å². The lowest BCUT2D eigenvalue weighted by Gasteiger charge is -2.29. The van der Waals surface area contributed by atoms with E-state index in [1.807, 2.05) is 0 Å². The number of methoxy groups -OCH3 is 1. The summed E-state index contributed by atoms with van der Waals surface area (Å²) in [5, 5.41) is 6.47. The van der Waals surface area contributed by atoms with Crippen molar-refractivity contribution in [1.29, 1.82) is 0 Å². The van der Waals surface area contributed by atoms with Crippen LogP contribution in [0.1, 0.15) is 24.0 Å². The molecule has 0 radical (unpaired) electrons. The van der Waals surface area contributed by atoms with Crippen LogP contribution >= 0.6 is 11.6 Å². The van der Waals surface area contributed by atoms with Crippen molar-refractivity contribution in [2.45, 2.75) is 31.0 Å². The van der Waals surface area contributed by atoms with Crippen LogP contribution in [-0.4, -0.2) is 41.7 Å². The highest BCUT2D eigenvalue weighted by molar-refractivity contribution is 6.31. The molecule has 2 aromatic rings. The number of nitrogens with one attached hydrogen (secondary N) is 2. The first-order valence-corrected chi connectivity index (χ1v) is 11.3. The van der Waals surface area contributed by atoms with E-state index >= 15 is 0 Å². The number of imide groups is 1. The zero-order valence-electron chi connectivity index (χ0n) is 18.3. The van der Waals surface area contributed by atoms with E-state index in [0.717, 1.165) is 0 Å². The molecule has 0 saturated carbocycles. The van der Waals surface area contributed by atoms with Gasteiger partial charge in [0.25, 0.3) is 0 Å². The summed E-state index contributed by atoms with van der Waals surface area (Å²) >= 11 is 6.24. The van der Waals surface area contributed by atoms with Gasteiger partial charge in [-0.1, -0.05) is 29.8 Å². The molecule has 176 valence electrons. The zero-order valence-corrected chi connectivity index (χ0v) is 19.1. The van der Waals surface area contributed by atoms with Gasteiger partial charge in [0.15, 0.2) is 0 Å². The van der Waals surface area contributed by atoms with Gasteiger partial charge in [0.05, 0.1) is 25.5 Å². The molecule has 0 bridgehead atoms. The number of carbonyl (C=O) groups is 4. The van der Waals surface area contributed by atoms with Gasteiger partial charge in [-0.05, 0) is 30.7 Å². The first-order chi connectivity index (χ1) is 16.3. The molecule has 10 heteroatoms. The van der Waals surface area contributed by atoms with E-state index < -0.39 is 47.0 Å². The van der Waals surface area contributed by atoms with Crippen molar-refractivity contribution in [2.75, 3.05) is 12.4 Å². The zero-order chi connectivity index (χ0) is 24.2. The molecule has 34 heavy (non-hydrogen) atoms. The number of para-hydroxylation sites is 1. The van der Waals surface area contributed by atoms with Crippen molar-refractivity contribution in [3.05, 3.63) is 58.6 Å². The van der Waals surface area contributed by atoms with Gasteiger partial charge in [0.1, 0.15) is 11.3 Å². The Morgan fingerprint density at radius 3 is 2.68 bits per heavy atom. The average molecular weight is 483 g/mol. The number of hydrogen-bond acceptors (Lipinski definition) is 6. The number of nitrogens with two attached hydrogens (primary N) is 1. The molecule has 2 saturated heterocycles. The van der Waals surface area contributed by atoms with Crippen LogP contribution in [0.2, 0.25) is 5.02 Å². The third-order valence-electron chi connectivity index (χ3n) is 6.99. The summed E-state index contributed by atoms with van der Waals surface area (Å²) < 4.78 is 5.38. The molecule has 9 nitrogen and oxygen atoms in total. The third-order valence-corrected chi connectivity index (χ3v) is 7.23. The van der Waals surface area contributed by atoms with Crippen molar-refractivity contribution < 1.29 is 23.9 Å². The third kappa shape index (κ3) is 3.19. The van der Waals surface area contributed by atoms with Crippen LogP contribution in [0.25, 0.3) is 0 Å². The maximum atomic E-state index is 13.8. The van der Waals surface area contributed by atoms with Gasteiger partial charge in [-0.25, -0.2) is 0 Å². The summed E-state index contributed by atoms with van der Waals surface area (Å²) in [4.78, 5) is 53.5. The number of ether oxygens (including phenoxy) is 1. The molecular weight excluding hydrogens is 460 g/mol. The number of halogens is 1. The molecule has 2 aromatic carbocycles. The lowest BCUT2D eigenvalue weighted by molar-refractivity contribution is -0.143. The lowest BCUT2D eigenvalue weighted by Crippen LogP contribution is -2.53. The van der Waals surface area contributed by atoms with Gasteiger partial charge in [0, 0.05) is 34.3 Å². The molecule has 0 unspecified atom stereocenters. The van der Waals surface area contributed by atoms with Crippen LogP contribution in [0, 0.1) is 11.8 Å². The molecule has 4 amide bonds. The molecule has 0 aromatic heterocycles. The fourth-order valence-electron chi connectivity index (χ4n) is 5.54. The Hall–Kier alpha value is -3.43. The number of anilines is 1. The number of primary amides is 1. The maximum Gasteiger partial charge on any atom is 0.250 e. The van der Waals surface area contributed by atoms with Crippen LogP contribution in [0.15, 0.2) is 42.5 Å². The van der Waals surface area contributed by atoms with Crippen molar-refractivity contribution in [3.8, 4) is 5.75 Å². The monoisotopic (exact) mass is 482 g/mol. The smallest absolute Gasteiger partial charge is 0.250 e. The van der Waals surface area contributed by atoms with Crippen LogP contribution in [0.5, 0.6) is 5.75 Å². The molecule has 1 spiro atoms. The molecular formula is C24H23ClN4O5. The first kappa shape index (κ1) is 22.4. The predicted octanol–water partition coefficient (Wildman–Crippen LogP) is 1.53. The minimum absolute atomic E-state index is 0.00890. The quantitative estimate of drug-likeness (QED) is 0.535. The van der Waals surface area contributed by atoms with Gasteiger partial charge >= 0.3 is 0 Å². The van der Waals surface area contributed by atoms with Gasteiger partial charge in [-0.3, -0.25) is 29.4 Å². The van der Waals surface area contributed by atoms with E-state index in [9.17, 15) is 19.2 Å². The summed E-state index contributed by atoms with van der Waals surface area (Å²) in [6.07, 6.45) is 0.220. The van der Waals surface area contributed by atoms with Crippen LogP contribution in [0.4, 0.5) is 5.69 Å². The molecule has 4 atom stereocenters. The Labute approximate surface area is 200 Å². The number of carbonyl (C=O) groups excluding carboxylic acids is 4. The predicted molar refractivity (Wildman–Crippen MR) is 123 cm³/mol. The van der Waals surface area contributed by atoms with E-state index in [1.54, 1.807) is 42.5 Å². The molecule has 0 aliphatic carbocycles. The normalized spacial score (nSPS) is 27.2. The fraction of sp³-hybridized carbons (Fsp3) is 0.333. The highest BCUT2D eigenvalue weighted by Crippen LogP contribution is 2.54. The van der Waals surface area contributed by atoms with E-state index in [0.29, 0.717) is 27.6 Å². The topological polar surface area (TPSA) is 131 Å². The summed E-state index contributed by atoms with van der Waals surface area (Å²) in [6, 6.07) is 11.5. The molecule has 3 aliphatic heterocycles. The molecule has 3 aliphatic rings. The summed E-state index contributed by atoms with van der Waals surface area (Å²) in [5.41, 5.74) is 5.59. The van der Waals surface area contributed by atoms with Crippen LogP contribution < -0.4 is 21.1 Å². The second-order valence-corrected chi connectivity index (χ2v) is 9.22. The summed E-state index contributed by atoms with van der Waals surface area (Å²) in [6.45, 7) is 0.0112. The number of benzene rings is 2. The average Bonchev–Trinajstić information content (AvgIpc) is 3.39. The minimum atomic E-state index is -1.48. The lowest BCUT2D eigenvalue weighted by atomic mass is 9.76. The summed E-state index contributed by atoms with van der Waals surface area (Å²) in [5.74, 6) is -3.09. The largest absolute Gasteiger partial charge is 0.496 e. The second kappa shape index (κ2) is 8.11. The number of hydrogen-bond donors (Lipinski definition) is 3. The number of nitrogens with zero attached hydrogens (tertiary/aromatic N) is 1. The molecule has 4 N–H and O–H groups in total. The van der Waals surface area contributed by atoms with Crippen molar-refractivity contribution in [3.63, 3.8) is 0 Å². The Bertz CT molecular complexity index is 1230. The number of rotatable bonds is 6. The number of likely N-dealkylation sites (tertiary alicyclic amines) is 1. The van der Waals surface area contributed by atoms with Crippen molar-refractivity contribution in [1.82, 2.24) is 10.2 Å². The molecule has 2 fully saturated rings. The SMILES string of the molecule is COc1ccccc1CN1C(=O)[C@H]2[C@H](CCC(N)=O)N[C@@]3(C(=O)Nc4ccc(Cl)cc43)[C@H]2C1=O. The Morgan fingerprint density at radius 1 is 1.18 bits per heavy atom. The molecule has 3 heterocycles. The van der Waals surface area contributed by atoms with E-state index in [2.05, 4.69) is 10.6 Å². The first-order valence-electron chi connectivity index (χ1n) is 10.9. The van der Waals surface area contributed by atoms with E-state index in [4.69, 9.17) is 22.1 Å². The molecule has 5 rings (SSSR count). The minimum Gasteiger partial charge on any atom is -0.496 e. The standard InChI is InChI=1S/C24H23ClN4O5/c1-34-17-5-3-2-4-12(17)11-29-21(31)19-16(8-9-18(26)30)28-24(20(19)22(29)32)14-10-13(25)6-7-15(14)27-23(24)33/h2-7,10,16,19-20,28H,8-9,11H2,1H3,(H2,26,30)(H,27,33)/t16-,19-,20+,24+/m0/s1. The Kier molecular flexibility index (Phi) is 5.33. The van der Waals surface area contributed by atoms with Crippen molar-refractivity contribution >= 4 is 40.9 Å². The number of fused-ring (bicyclic) bond motifs is 4. The van der Waals surface area contributed by atoms with Gasteiger partial charge < -0.3 is 15.8 Å². The fourth-order valence-corrected chi connectivity index (χ4v) is 5.71. The van der Waals surface area contributed by atoms with Crippen LogP contribution in [-0.2, 0) is 31.3 Å². The maximum absolute atomic E-state index is 13.8.